The molecule has 0 fully saturated rings. The van der Waals surface area contributed by atoms with Gasteiger partial charge in [0.2, 0.25) is 0 Å². The van der Waals surface area contributed by atoms with Gasteiger partial charge in [-0.3, -0.25) is 9.36 Å². The zero-order valence-electron chi connectivity index (χ0n) is 13.1. The van der Waals surface area contributed by atoms with E-state index in [0.29, 0.717) is 11.1 Å². The minimum absolute atomic E-state index is 0. The Morgan fingerprint density at radius 1 is 1.05 bits per heavy atom. The van der Waals surface area contributed by atoms with E-state index in [0.717, 1.165) is 16.7 Å². The van der Waals surface area contributed by atoms with Crippen LogP contribution in [0.4, 0.5) is 0 Å². The molecular formula is C16H16LiO4P. The molecule has 0 aliphatic carbocycles. The molecule has 0 aromatic heterocycles. The molecule has 0 aliphatic rings. The smallest absolute Gasteiger partial charge is 0.771 e. The first-order valence-electron chi connectivity index (χ1n) is 6.50. The molecule has 1 unspecified atom stereocenters. The number of rotatable bonds is 4. The molecule has 2 rings (SSSR count). The van der Waals surface area contributed by atoms with Crippen molar-refractivity contribution < 1.29 is 37.6 Å². The van der Waals surface area contributed by atoms with E-state index in [9.17, 15) is 14.3 Å². The maximum absolute atomic E-state index is 12.6. The number of hydrogen-bond acceptors (Lipinski definition) is 4. The second-order valence-electron chi connectivity index (χ2n) is 4.98. The molecule has 0 N–H and O–H groups in total. The van der Waals surface area contributed by atoms with Crippen LogP contribution in [0, 0.1) is 20.8 Å². The van der Waals surface area contributed by atoms with E-state index in [-0.39, 0.29) is 30.4 Å². The molecule has 1 atom stereocenters. The summed E-state index contributed by atoms with van der Waals surface area (Å²) in [6.07, 6.45) is 0. The third-order valence-electron chi connectivity index (χ3n) is 3.22. The van der Waals surface area contributed by atoms with Gasteiger partial charge in [-0.05, 0) is 56.2 Å². The van der Waals surface area contributed by atoms with Crippen LogP contribution in [0.25, 0.3) is 0 Å². The monoisotopic (exact) mass is 310 g/mol. The molecule has 0 saturated carbocycles. The fourth-order valence-electron chi connectivity index (χ4n) is 2.45. The van der Waals surface area contributed by atoms with Crippen LogP contribution in [-0.4, -0.2) is 5.78 Å². The Kier molecular flexibility index (Phi) is 6.65. The summed E-state index contributed by atoms with van der Waals surface area (Å²) in [4.78, 5) is 23.1. The number of hydrogen-bond donors (Lipinski definition) is 0. The van der Waals surface area contributed by atoms with Gasteiger partial charge >= 0.3 is 18.9 Å². The Balaban J connectivity index is 0.00000242. The number of carbonyl (C=O) groups excluding carboxylic acids is 1. The third-order valence-corrected chi connectivity index (χ3v) is 3.62. The van der Waals surface area contributed by atoms with Crippen LogP contribution >= 0.6 is 8.25 Å². The maximum atomic E-state index is 12.6. The second kappa shape index (κ2) is 7.81. The van der Waals surface area contributed by atoms with Crippen LogP contribution in [0.15, 0.2) is 36.4 Å². The molecule has 0 aliphatic heterocycles. The first kappa shape index (κ1) is 18.7. The summed E-state index contributed by atoms with van der Waals surface area (Å²) in [5.74, 6) is 0.133. The summed E-state index contributed by atoms with van der Waals surface area (Å²) in [6, 6.07) is 10.0. The van der Waals surface area contributed by atoms with Crippen LogP contribution in [0.2, 0.25) is 0 Å². The second-order valence-corrected chi connectivity index (χ2v) is 5.68. The van der Waals surface area contributed by atoms with E-state index in [4.69, 9.17) is 0 Å². The maximum Gasteiger partial charge on any atom is 1.00 e. The van der Waals surface area contributed by atoms with E-state index in [1.165, 1.54) is 12.1 Å². The van der Waals surface area contributed by atoms with Gasteiger partial charge in [0.1, 0.15) is 5.75 Å². The van der Waals surface area contributed by atoms with Crippen molar-refractivity contribution in [3.8, 4) is 5.75 Å². The predicted octanol–water partition coefficient (Wildman–Crippen LogP) is -0.0243. The van der Waals surface area contributed by atoms with E-state index < -0.39 is 8.25 Å². The van der Waals surface area contributed by atoms with Gasteiger partial charge in [0.25, 0.3) is 0 Å². The zero-order valence-corrected chi connectivity index (χ0v) is 14.1. The minimum Gasteiger partial charge on any atom is -0.771 e. The van der Waals surface area contributed by atoms with Gasteiger partial charge in [-0.25, -0.2) is 0 Å². The standard InChI is InChI=1S/C16H17O4P.Li/c1-10-8-11(2)15(12(3)9-10)16(17)13-4-6-14(7-5-13)20-21(18)19;/h4-9,21H,1-3H3,(H,18,19);/q;+1/p-1. The van der Waals surface area contributed by atoms with Gasteiger partial charge < -0.3 is 9.42 Å². The summed E-state index contributed by atoms with van der Waals surface area (Å²) < 4.78 is 15.1. The summed E-state index contributed by atoms with van der Waals surface area (Å²) in [5.41, 5.74) is 4.17. The number of ketones is 1. The molecule has 2 aromatic rings. The van der Waals surface area contributed by atoms with Gasteiger partial charge in [-0.2, -0.15) is 0 Å². The van der Waals surface area contributed by atoms with Crippen molar-refractivity contribution >= 4 is 14.0 Å². The SMILES string of the molecule is Cc1cc(C)c(C(=O)c2ccc(O[PH](=O)[O-])cc2)c(C)c1.[Li+]. The normalized spacial score (nSPS) is 11.5. The van der Waals surface area contributed by atoms with Crippen LogP contribution in [0.3, 0.4) is 0 Å². The van der Waals surface area contributed by atoms with Gasteiger partial charge in [-0.1, -0.05) is 17.7 Å². The number of carbonyl (C=O) groups is 1. The minimum atomic E-state index is -3.27. The Morgan fingerprint density at radius 2 is 1.55 bits per heavy atom. The van der Waals surface area contributed by atoms with Crippen LogP contribution < -0.4 is 28.3 Å². The fraction of sp³-hybridized carbons (Fsp3) is 0.188. The molecule has 2 aromatic carbocycles. The van der Waals surface area contributed by atoms with Crippen LogP contribution in [0.1, 0.15) is 32.6 Å². The molecule has 22 heavy (non-hydrogen) atoms. The molecule has 0 heterocycles. The van der Waals surface area contributed by atoms with Gasteiger partial charge in [0.15, 0.2) is 14.0 Å². The average Bonchev–Trinajstić information content (AvgIpc) is 2.37. The average molecular weight is 310 g/mol. The van der Waals surface area contributed by atoms with Crippen molar-refractivity contribution in [1.82, 2.24) is 0 Å². The summed E-state index contributed by atoms with van der Waals surface area (Å²) >= 11 is 0. The zero-order chi connectivity index (χ0) is 15.6. The molecular weight excluding hydrogens is 294 g/mol. The van der Waals surface area contributed by atoms with Crippen molar-refractivity contribution in [2.45, 2.75) is 20.8 Å². The van der Waals surface area contributed by atoms with Crippen molar-refractivity contribution in [1.29, 1.82) is 0 Å². The van der Waals surface area contributed by atoms with E-state index >= 15 is 0 Å². The van der Waals surface area contributed by atoms with Crippen LogP contribution in [-0.2, 0) is 4.57 Å². The van der Waals surface area contributed by atoms with Crippen molar-refractivity contribution in [3.63, 3.8) is 0 Å². The third kappa shape index (κ3) is 4.35. The van der Waals surface area contributed by atoms with Crippen LogP contribution in [0.5, 0.6) is 5.75 Å². The van der Waals surface area contributed by atoms with E-state index in [1.807, 2.05) is 32.9 Å². The van der Waals surface area contributed by atoms with Crippen molar-refractivity contribution in [2.24, 2.45) is 0 Å². The molecule has 0 radical (unpaired) electrons. The molecule has 0 amide bonds. The molecule has 0 spiro atoms. The Labute approximate surface area is 142 Å². The van der Waals surface area contributed by atoms with Gasteiger partial charge in [0.05, 0.1) is 0 Å². The molecule has 0 saturated heterocycles. The Morgan fingerprint density at radius 3 is 2.00 bits per heavy atom. The first-order chi connectivity index (χ1) is 9.88. The fourth-order valence-corrected chi connectivity index (χ4v) is 2.78. The Hall–Kier alpha value is -1.30. The summed E-state index contributed by atoms with van der Waals surface area (Å²) in [7, 11) is -3.27. The quantitative estimate of drug-likeness (QED) is 0.452. The van der Waals surface area contributed by atoms with E-state index in [1.54, 1.807) is 12.1 Å². The first-order valence-corrected chi connectivity index (χ1v) is 7.72. The predicted molar refractivity (Wildman–Crippen MR) is 80.2 cm³/mol. The number of aryl methyl sites for hydroxylation is 3. The van der Waals surface area contributed by atoms with Crippen molar-refractivity contribution in [2.75, 3.05) is 0 Å². The summed E-state index contributed by atoms with van der Waals surface area (Å²) in [5, 5.41) is 0. The topological polar surface area (TPSA) is 66.4 Å². The molecule has 6 heteroatoms. The van der Waals surface area contributed by atoms with Crippen molar-refractivity contribution in [3.05, 3.63) is 64.2 Å². The Bertz CT molecular complexity index is 688. The molecule has 0 bridgehead atoms. The van der Waals surface area contributed by atoms with E-state index in [2.05, 4.69) is 4.52 Å². The molecule has 110 valence electrons. The number of benzene rings is 2. The van der Waals surface area contributed by atoms with Gasteiger partial charge in [0, 0.05) is 11.1 Å². The van der Waals surface area contributed by atoms with Gasteiger partial charge in [-0.15, -0.1) is 0 Å². The largest absolute Gasteiger partial charge is 1.00 e. The molecule has 4 nitrogen and oxygen atoms in total. The summed E-state index contributed by atoms with van der Waals surface area (Å²) in [6.45, 7) is 5.81.